The molecule has 2 aliphatic rings. The van der Waals surface area contributed by atoms with E-state index >= 15 is 0 Å². The van der Waals surface area contributed by atoms with Gasteiger partial charge < -0.3 is 58.0 Å². The lowest BCUT2D eigenvalue weighted by atomic mass is 9.97. The van der Waals surface area contributed by atoms with Gasteiger partial charge in [-0.15, -0.1) is 0 Å². The third kappa shape index (κ3) is 12.4. The number of carbonyl (C=O) groups is 10. The van der Waals surface area contributed by atoms with E-state index in [0.29, 0.717) is 0 Å². The molecule has 2 saturated heterocycles. The molecule has 22 heteroatoms. The van der Waals surface area contributed by atoms with Crippen molar-refractivity contribution in [3.05, 3.63) is 24.3 Å². The number of rotatable bonds is 12. The Kier molecular flexibility index (Phi) is 15.4. The summed E-state index contributed by atoms with van der Waals surface area (Å²) in [6, 6.07) is 5.16. The zero-order valence-corrected chi connectivity index (χ0v) is 31.2. The predicted octanol–water partition coefficient (Wildman–Crippen LogP) is -0.270. The molecule has 1 aromatic carbocycles. The Balaban J connectivity index is 1.90. The molecule has 56 heavy (non-hydrogen) atoms. The minimum Gasteiger partial charge on any atom is -0.455 e. The van der Waals surface area contributed by atoms with Crippen molar-refractivity contribution in [2.45, 2.75) is 117 Å². The van der Waals surface area contributed by atoms with Gasteiger partial charge in [-0.25, -0.2) is 0 Å². The summed E-state index contributed by atoms with van der Waals surface area (Å²) in [7, 11) is 0. The Morgan fingerprint density at radius 2 is 0.607 bits per heavy atom. The largest absolute Gasteiger partial charge is 0.455 e. The van der Waals surface area contributed by atoms with E-state index in [1.807, 2.05) is 0 Å². The van der Waals surface area contributed by atoms with Gasteiger partial charge in [-0.05, 0) is 24.3 Å². The molecule has 10 atom stereocenters. The molecular formula is C34H40N2O20. The van der Waals surface area contributed by atoms with Gasteiger partial charge in [-0.3, -0.25) is 47.9 Å². The molecule has 3 rings (SSSR count). The SMILES string of the molecule is CC(=O)O[C@@H]1O[C@H](C(=O)Nc2ccc(NC(=O)[C@H]3O[C@@H](OC(C)=O)[C@H](OC(C)=O)[C@@H](OC(C)=O)[C@@H]3OC(C)=O)cc2)[C@@H](OC(C)=O)[C@H](OC(C)=O)[C@H]1OC(C)=O. The molecule has 2 fully saturated rings. The van der Waals surface area contributed by atoms with E-state index in [1.54, 1.807) is 0 Å². The van der Waals surface area contributed by atoms with Crippen molar-refractivity contribution in [2.75, 3.05) is 10.6 Å². The normalized spacial score (nSPS) is 26.8. The van der Waals surface area contributed by atoms with Gasteiger partial charge in [0.15, 0.2) is 36.6 Å². The number of carbonyl (C=O) groups excluding carboxylic acids is 10. The van der Waals surface area contributed by atoms with Gasteiger partial charge in [0.05, 0.1) is 0 Å². The molecule has 2 N–H and O–H groups in total. The van der Waals surface area contributed by atoms with E-state index in [4.69, 9.17) is 47.4 Å². The maximum atomic E-state index is 13.6. The van der Waals surface area contributed by atoms with Crippen LogP contribution in [-0.2, 0) is 95.3 Å². The van der Waals surface area contributed by atoms with Gasteiger partial charge in [0.2, 0.25) is 24.8 Å². The molecule has 0 radical (unpaired) electrons. The third-order valence-corrected chi connectivity index (χ3v) is 7.30. The van der Waals surface area contributed by atoms with Crippen LogP contribution in [0.5, 0.6) is 0 Å². The van der Waals surface area contributed by atoms with Crippen LogP contribution in [0.1, 0.15) is 55.4 Å². The van der Waals surface area contributed by atoms with Gasteiger partial charge in [0.25, 0.3) is 11.8 Å². The maximum absolute atomic E-state index is 13.6. The molecule has 2 heterocycles. The lowest BCUT2D eigenvalue weighted by molar-refractivity contribution is -0.289. The van der Waals surface area contributed by atoms with Crippen molar-refractivity contribution in [2.24, 2.45) is 0 Å². The van der Waals surface area contributed by atoms with Crippen molar-refractivity contribution >= 4 is 70.9 Å². The number of hydrogen-bond acceptors (Lipinski definition) is 20. The predicted molar refractivity (Wildman–Crippen MR) is 178 cm³/mol. The Morgan fingerprint density at radius 3 is 0.857 bits per heavy atom. The van der Waals surface area contributed by atoms with Crippen LogP contribution in [0.3, 0.4) is 0 Å². The molecule has 0 bridgehead atoms. The zero-order chi connectivity index (χ0) is 42.0. The van der Waals surface area contributed by atoms with Crippen LogP contribution in [0, 0.1) is 0 Å². The first kappa shape index (κ1) is 44.2. The van der Waals surface area contributed by atoms with Crippen LogP contribution in [0.15, 0.2) is 24.3 Å². The maximum Gasteiger partial charge on any atom is 0.305 e. The highest BCUT2D eigenvalue weighted by Crippen LogP contribution is 2.32. The Hall–Kier alpha value is -6.16. The van der Waals surface area contributed by atoms with Crippen LogP contribution in [0.4, 0.5) is 11.4 Å². The second-order valence-corrected chi connectivity index (χ2v) is 12.1. The summed E-state index contributed by atoms with van der Waals surface area (Å²) in [5.74, 6) is -9.48. The quantitative estimate of drug-likeness (QED) is 0.203. The third-order valence-electron chi connectivity index (χ3n) is 7.30. The summed E-state index contributed by atoms with van der Waals surface area (Å²) in [6.07, 6.45) is -17.4. The molecule has 2 amide bonds. The Bertz CT molecular complexity index is 1590. The summed E-state index contributed by atoms with van der Waals surface area (Å²) >= 11 is 0. The molecule has 1 aromatic rings. The van der Waals surface area contributed by atoms with Crippen LogP contribution in [0.25, 0.3) is 0 Å². The van der Waals surface area contributed by atoms with E-state index in [0.717, 1.165) is 55.4 Å². The molecule has 306 valence electrons. The molecule has 22 nitrogen and oxygen atoms in total. The fourth-order valence-electron chi connectivity index (χ4n) is 5.55. The molecule has 0 unspecified atom stereocenters. The summed E-state index contributed by atoms with van der Waals surface area (Å²) < 4.78 is 53.0. The molecule has 0 saturated carbocycles. The first-order valence-corrected chi connectivity index (χ1v) is 16.6. The standard InChI is InChI=1S/C34H40N2O20/c1-13(37)47-23-25(49-15(3)39)29(51-17(5)41)33(53-19(7)43)55-27(23)31(45)35-21-9-11-22(12-10-21)36-32(46)28-24(48-14(2)38)26(50-16(4)40)30(52-18(6)42)34(56-28)54-20(8)44/h9-12,23-30,33-34H,1-8H3,(H,35,45)(H,36,46)/t23-,24-,25-,26-,27-,28-,29+,30+,33+,34+/m0/s1. The second kappa shape index (κ2) is 19.4. The fraction of sp³-hybridized carbons (Fsp3) is 0.529. The van der Waals surface area contributed by atoms with E-state index in [-0.39, 0.29) is 11.4 Å². The summed E-state index contributed by atoms with van der Waals surface area (Å²) in [5.41, 5.74) is 0.100. The highest BCUT2D eigenvalue weighted by Gasteiger charge is 2.57. The summed E-state index contributed by atoms with van der Waals surface area (Å²) in [5, 5.41) is 4.96. The van der Waals surface area contributed by atoms with E-state index in [2.05, 4.69) is 10.6 Å². The number of nitrogens with one attached hydrogen (secondary N) is 2. The second-order valence-electron chi connectivity index (χ2n) is 12.1. The smallest absolute Gasteiger partial charge is 0.305 e. The summed E-state index contributed by atoms with van der Waals surface area (Å²) in [6.45, 7) is 7.97. The molecule has 2 aliphatic heterocycles. The summed E-state index contributed by atoms with van der Waals surface area (Å²) in [4.78, 5) is 123. The van der Waals surface area contributed by atoms with Crippen molar-refractivity contribution in [1.29, 1.82) is 0 Å². The van der Waals surface area contributed by atoms with Crippen LogP contribution in [0.2, 0.25) is 0 Å². The Labute approximate surface area is 317 Å². The van der Waals surface area contributed by atoms with Crippen molar-refractivity contribution in [3.8, 4) is 0 Å². The van der Waals surface area contributed by atoms with E-state index < -0.39 is 121 Å². The van der Waals surface area contributed by atoms with Gasteiger partial charge in [0.1, 0.15) is 0 Å². The van der Waals surface area contributed by atoms with Gasteiger partial charge >= 0.3 is 47.8 Å². The van der Waals surface area contributed by atoms with Gasteiger partial charge in [-0.2, -0.15) is 0 Å². The highest BCUT2D eigenvalue weighted by molar-refractivity contribution is 5.97. The zero-order valence-electron chi connectivity index (χ0n) is 31.2. The minimum atomic E-state index is -1.83. The van der Waals surface area contributed by atoms with Crippen LogP contribution < -0.4 is 10.6 Å². The van der Waals surface area contributed by atoms with E-state index in [1.165, 1.54) is 24.3 Å². The van der Waals surface area contributed by atoms with Gasteiger partial charge in [-0.1, -0.05) is 0 Å². The van der Waals surface area contributed by atoms with E-state index in [9.17, 15) is 47.9 Å². The molecule has 0 aromatic heterocycles. The minimum absolute atomic E-state index is 0.0501. The first-order chi connectivity index (χ1) is 26.2. The molecule has 0 spiro atoms. The number of hydrogen-bond donors (Lipinski definition) is 2. The number of esters is 8. The lowest BCUT2D eigenvalue weighted by Crippen LogP contribution is -2.64. The van der Waals surface area contributed by atoms with Crippen LogP contribution >= 0.6 is 0 Å². The first-order valence-electron chi connectivity index (χ1n) is 16.6. The van der Waals surface area contributed by atoms with Crippen molar-refractivity contribution < 1.29 is 95.3 Å². The average molecular weight is 797 g/mol. The molecular weight excluding hydrogens is 756 g/mol. The average Bonchev–Trinajstić information content (AvgIpc) is 3.05. The Morgan fingerprint density at radius 1 is 0.375 bits per heavy atom. The topological polar surface area (TPSA) is 287 Å². The monoisotopic (exact) mass is 796 g/mol. The highest BCUT2D eigenvalue weighted by atomic mass is 16.8. The number of amides is 2. The van der Waals surface area contributed by atoms with Crippen molar-refractivity contribution in [1.82, 2.24) is 0 Å². The van der Waals surface area contributed by atoms with Crippen molar-refractivity contribution in [3.63, 3.8) is 0 Å². The number of ether oxygens (including phenoxy) is 10. The van der Waals surface area contributed by atoms with Crippen LogP contribution in [-0.4, -0.2) is 121 Å². The number of anilines is 2. The fourth-order valence-corrected chi connectivity index (χ4v) is 5.55. The van der Waals surface area contributed by atoms with Gasteiger partial charge in [0, 0.05) is 66.8 Å². The molecule has 0 aliphatic carbocycles. The lowest BCUT2D eigenvalue weighted by Gasteiger charge is -2.43. The number of benzene rings is 1.